The number of hydrogen-bond acceptors (Lipinski definition) is 4. The van der Waals surface area contributed by atoms with Crippen LogP contribution >= 0.6 is 0 Å². The number of nitrogens with one attached hydrogen (secondary N) is 2. The Labute approximate surface area is 74.4 Å². The molecule has 0 saturated carbocycles. The van der Waals surface area contributed by atoms with Gasteiger partial charge in [-0.15, -0.1) is 0 Å². The highest BCUT2D eigenvalue weighted by Gasteiger charge is 2.35. The van der Waals surface area contributed by atoms with Crippen molar-refractivity contribution >= 4 is 11.7 Å². The maximum absolute atomic E-state index is 11.3. The van der Waals surface area contributed by atoms with Crippen molar-refractivity contribution in [1.29, 1.82) is 0 Å². The van der Waals surface area contributed by atoms with E-state index in [0.29, 0.717) is 11.5 Å². The number of hydrogen-bond donors (Lipinski definition) is 2. The number of nitrogens with zero attached hydrogens (tertiary/aromatic N) is 3. The summed E-state index contributed by atoms with van der Waals surface area (Å²) >= 11 is 0. The van der Waals surface area contributed by atoms with Crippen LogP contribution in [-0.2, 0) is 4.79 Å². The zero-order chi connectivity index (χ0) is 9.47. The van der Waals surface area contributed by atoms with E-state index >= 15 is 0 Å². The first-order chi connectivity index (χ1) is 6.09. The Morgan fingerprint density at radius 3 is 2.69 bits per heavy atom. The number of carbonyl (C=O) groups is 1. The normalized spacial score (nSPS) is 19.8. The molecular formula is C7H9N5O. The lowest BCUT2D eigenvalue weighted by Crippen LogP contribution is -2.34. The number of amides is 1. The molecule has 0 radical (unpaired) electrons. The second kappa shape index (κ2) is 2.38. The predicted molar refractivity (Wildman–Crippen MR) is 45.1 cm³/mol. The first-order valence-electron chi connectivity index (χ1n) is 3.87. The molecule has 0 atom stereocenters. The largest absolute Gasteiger partial charge is 0.307 e. The van der Waals surface area contributed by atoms with Crippen LogP contribution in [0.5, 0.6) is 0 Å². The van der Waals surface area contributed by atoms with E-state index in [9.17, 15) is 4.79 Å². The van der Waals surface area contributed by atoms with Crippen molar-refractivity contribution in [2.45, 2.75) is 19.4 Å². The third kappa shape index (κ3) is 1.20. The summed E-state index contributed by atoms with van der Waals surface area (Å²) in [5.74, 6) is 0.356. The number of amidine groups is 1. The molecule has 68 valence electrons. The predicted octanol–water partition coefficient (Wildman–Crippen LogP) is -0.540. The molecule has 2 rings (SSSR count). The van der Waals surface area contributed by atoms with Gasteiger partial charge in [0.25, 0.3) is 5.91 Å². The van der Waals surface area contributed by atoms with Crippen LogP contribution in [-0.4, -0.2) is 32.7 Å². The zero-order valence-electron chi connectivity index (χ0n) is 7.33. The van der Waals surface area contributed by atoms with Crippen LogP contribution in [0.1, 0.15) is 19.5 Å². The average Bonchev–Trinajstić information content (AvgIpc) is 2.60. The summed E-state index contributed by atoms with van der Waals surface area (Å²) in [6.07, 6.45) is 1.51. The lowest BCUT2D eigenvalue weighted by molar-refractivity contribution is -0.122. The van der Waals surface area contributed by atoms with Crippen molar-refractivity contribution in [1.82, 2.24) is 20.7 Å². The van der Waals surface area contributed by atoms with E-state index < -0.39 is 5.54 Å². The van der Waals surface area contributed by atoms with E-state index in [-0.39, 0.29) is 5.91 Å². The molecule has 0 bridgehead atoms. The van der Waals surface area contributed by atoms with E-state index in [2.05, 4.69) is 25.7 Å². The van der Waals surface area contributed by atoms with Gasteiger partial charge in [-0.2, -0.15) is 15.4 Å². The molecule has 1 aliphatic rings. The first kappa shape index (κ1) is 7.90. The maximum Gasteiger partial charge on any atom is 0.252 e. The van der Waals surface area contributed by atoms with Crippen molar-refractivity contribution < 1.29 is 4.79 Å². The van der Waals surface area contributed by atoms with Gasteiger partial charge < -0.3 is 5.32 Å². The van der Waals surface area contributed by atoms with Crippen LogP contribution in [0.4, 0.5) is 0 Å². The van der Waals surface area contributed by atoms with Gasteiger partial charge in [0.1, 0.15) is 11.2 Å². The minimum Gasteiger partial charge on any atom is -0.307 e. The molecular weight excluding hydrogens is 170 g/mol. The number of carbonyl (C=O) groups excluding carboxylic acids is 1. The van der Waals surface area contributed by atoms with E-state index in [1.54, 1.807) is 13.8 Å². The van der Waals surface area contributed by atoms with Crippen molar-refractivity contribution in [3.63, 3.8) is 0 Å². The summed E-state index contributed by atoms with van der Waals surface area (Å²) < 4.78 is 0. The van der Waals surface area contributed by atoms with E-state index in [1.807, 2.05) is 0 Å². The smallest absolute Gasteiger partial charge is 0.252 e. The molecule has 2 heterocycles. The molecule has 1 aromatic rings. The fourth-order valence-corrected chi connectivity index (χ4v) is 1.06. The minimum absolute atomic E-state index is 0.120. The fraction of sp³-hybridized carbons (Fsp3) is 0.429. The Bertz CT molecular complexity index is 364. The molecule has 1 aromatic heterocycles. The van der Waals surface area contributed by atoms with Gasteiger partial charge in [-0.05, 0) is 13.8 Å². The molecule has 6 nitrogen and oxygen atoms in total. The molecule has 1 amide bonds. The van der Waals surface area contributed by atoms with E-state index in [4.69, 9.17) is 0 Å². The Balaban J connectivity index is 2.35. The second-order valence-corrected chi connectivity index (χ2v) is 3.33. The van der Waals surface area contributed by atoms with Crippen molar-refractivity contribution in [2.24, 2.45) is 4.99 Å². The van der Waals surface area contributed by atoms with Gasteiger partial charge in [0.05, 0.1) is 6.20 Å². The highest BCUT2D eigenvalue weighted by atomic mass is 16.2. The summed E-state index contributed by atoms with van der Waals surface area (Å²) in [6.45, 7) is 3.49. The Morgan fingerprint density at radius 2 is 2.23 bits per heavy atom. The molecule has 6 heteroatoms. The van der Waals surface area contributed by atoms with Crippen LogP contribution in [0.15, 0.2) is 11.2 Å². The van der Waals surface area contributed by atoms with Crippen LogP contribution in [0.2, 0.25) is 0 Å². The molecule has 0 aromatic carbocycles. The Hall–Kier alpha value is -1.72. The average molecular weight is 179 g/mol. The van der Waals surface area contributed by atoms with E-state index in [1.165, 1.54) is 6.20 Å². The highest BCUT2D eigenvalue weighted by Crippen LogP contribution is 2.15. The number of aromatic amines is 1. The van der Waals surface area contributed by atoms with Crippen LogP contribution in [0, 0.1) is 0 Å². The maximum atomic E-state index is 11.3. The minimum atomic E-state index is -0.700. The molecule has 0 aliphatic carbocycles. The second-order valence-electron chi connectivity index (χ2n) is 3.33. The molecule has 2 N–H and O–H groups in total. The topological polar surface area (TPSA) is 83.0 Å². The van der Waals surface area contributed by atoms with Gasteiger partial charge in [-0.3, -0.25) is 9.79 Å². The summed E-state index contributed by atoms with van der Waals surface area (Å²) in [7, 11) is 0. The molecule has 0 fully saturated rings. The molecule has 13 heavy (non-hydrogen) atoms. The monoisotopic (exact) mass is 179 g/mol. The van der Waals surface area contributed by atoms with Crippen LogP contribution in [0.3, 0.4) is 0 Å². The van der Waals surface area contributed by atoms with Crippen LogP contribution < -0.4 is 5.32 Å². The SMILES string of the molecule is CC1(C)N=C(c2cn[nH]n2)NC1=O. The lowest BCUT2D eigenvalue weighted by atomic mass is 10.1. The Kier molecular flexibility index (Phi) is 1.45. The number of aromatic nitrogens is 3. The van der Waals surface area contributed by atoms with E-state index in [0.717, 1.165) is 0 Å². The van der Waals surface area contributed by atoms with Crippen molar-refractivity contribution in [3.05, 3.63) is 11.9 Å². The standard InChI is InChI=1S/C7H9N5O/c1-7(2)6(13)9-5(10-7)4-3-8-12-11-4/h3H,1-2H3,(H,8,11,12)(H,9,10,13). The molecule has 1 aliphatic heterocycles. The third-order valence-corrected chi connectivity index (χ3v) is 1.84. The number of rotatable bonds is 1. The summed E-state index contributed by atoms with van der Waals surface area (Å²) in [6, 6.07) is 0. The van der Waals surface area contributed by atoms with Gasteiger partial charge in [0.2, 0.25) is 0 Å². The van der Waals surface area contributed by atoms with Gasteiger partial charge in [0.15, 0.2) is 5.84 Å². The van der Waals surface area contributed by atoms with Gasteiger partial charge in [-0.1, -0.05) is 0 Å². The highest BCUT2D eigenvalue weighted by molar-refractivity contribution is 6.14. The molecule has 0 saturated heterocycles. The van der Waals surface area contributed by atoms with Crippen LogP contribution in [0.25, 0.3) is 0 Å². The number of aliphatic imine (C=N–C) groups is 1. The fourth-order valence-electron chi connectivity index (χ4n) is 1.06. The lowest BCUT2D eigenvalue weighted by Gasteiger charge is -2.07. The van der Waals surface area contributed by atoms with Gasteiger partial charge in [0, 0.05) is 0 Å². The molecule has 0 spiro atoms. The summed E-state index contributed by atoms with van der Waals surface area (Å²) in [5.41, 5.74) is -0.146. The van der Waals surface area contributed by atoms with Gasteiger partial charge >= 0.3 is 0 Å². The zero-order valence-corrected chi connectivity index (χ0v) is 7.33. The summed E-state index contributed by atoms with van der Waals surface area (Å²) in [4.78, 5) is 15.5. The summed E-state index contributed by atoms with van der Waals surface area (Å²) in [5, 5.41) is 12.5. The quantitative estimate of drug-likeness (QED) is 0.607. The van der Waals surface area contributed by atoms with Crippen molar-refractivity contribution in [3.8, 4) is 0 Å². The first-order valence-corrected chi connectivity index (χ1v) is 3.87. The third-order valence-electron chi connectivity index (χ3n) is 1.84. The number of H-pyrrole nitrogens is 1. The van der Waals surface area contributed by atoms with Crippen molar-refractivity contribution in [2.75, 3.05) is 0 Å². The molecule has 0 unspecified atom stereocenters. The van der Waals surface area contributed by atoms with Gasteiger partial charge in [-0.25, -0.2) is 0 Å². The Morgan fingerprint density at radius 1 is 1.46 bits per heavy atom.